The summed E-state index contributed by atoms with van der Waals surface area (Å²) in [4.78, 5) is 35.7. The number of ketones is 2. The molecule has 198 valence electrons. The fourth-order valence-corrected chi connectivity index (χ4v) is 4.37. The van der Waals surface area contributed by atoms with Gasteiger partial charge in [0.2, 0.25) is 6.41 Å². The lowest BCUT2D eigenvalue weighted by atomic mass is 10.0. The lowest BCUT2D eigenvalue weighted by Crippen LogP contribution is -2.29. The SMILES string of the molecule is C.C.Cc1cc(F)c(Br)cc1CCC(=O)C1CC1.Cc1cc(F)c(Br)cc1N(C=O)CC(=O)C1CC1. The molecule has 2 saturated carbocycles. The molecule has 0 N–H and O–H groups in total. The van der Waals surface area contributed by atoms with Crippen LogP contribution in [0.1, 0.15) is 63.6 Å². The first-order valence-corrected chi connectivity index (χ1v) is 12.9. The fourth-order valence-electron chi connectivity index (χ4n) is 3.65. The lowest BCUT2D eigenvalue weighted by Gasteiger charge is -2.19. The molecule has 0 spiro atoms. The van der Waals surface area contributed by atoms with Gasteiger partial charge in [0.15, 0.2) is 5.78 Å². The second-order valence-electron chi connectivity index (χ2n) is 8.96. The Balaban J connectivity index is 0.000000343. The van der Waals surface area contributed by atoms with Gasteiger partial charge in [-0.1, -0.05) is 14.9 Å². The first-order chi connectivity index (χ1) is 16.1. The van der Waals surface area contributed by atoms with Crippen molar-refractivity contribution in [3.8, 4) is 0 Å². The molecule has 2 aliphatic carbocycles. The Labute approximate surface area is 230 Å². The number of benzene rings is 2. The minimum atomic E-state index is -0.379. The van der Waals surface area contributed by atoms with E-state index < -0.39 is 0 Å². The molecule has 4 nitrogen and oxygen atoms in total. The summed E-state index contributed by atoms with van der Waals surface area (Å²) < 4.78 is 27.3. The Morgan fingerprint density at radius 2 is 1.39 bits per heavy atom. The van der Waals surface area contributed by atoms with Gasteiger partial charge in [-0.2, -0.15) is 0 Å². The minimum Gasteiger partial charge on any atom is -0.307 e. The number of carbonyl (C=O) groups is 3. The third-order valence-corrected chi connectivity index (χ3v) is 7.30. The summed E-state index contributed by atoms with van der Waals surface area (Å²) in [7, 11) is 0. The summed E-state index contributed by atoms with van der Waals surface area (Å²) in [5.74, 6) is 0.244. The molecule has 0 atom stereocenters. The van der Waals surface area contributed by atoms with Gasteiger partial charge in [-0.15, -0.1) is 0 Å². The maximum atomic E-state index is 13.3. The summed E-state index contributed by atoms with van der Waals surface area (Å²) in [5, 5.41) is 0. The Morgan fingerprint density at radius 1 is 0.889 bits per heavy atom. The summed E-state index contributed by atoms with van der Waals surface area (Å²) in [6.45, 7) is 3.66. The molecular weight excluding hydrogens is 596 g/mol. The van der Waals surface area contributed by atoms with Crippen molar-refractivity contribution < 1.29 is 23.2 Å². The van der Waals surface area contributed by atoms with Crippen molar-refractivity contribution in [1.29, 1.82) is 0 Å². The third-order valence-electron chi connectivity index (χ3n) is 6.09. The van der Waals surface area contributed by atoms with E-state index in [1.165, 1.54) is 23.1 Å². The third kappa shape index (κ3) is 8.87. The van der Waals surface area contributed by atoms with Crippen LogP contribution in [0.2, 0.25) is 0 Å². The monoisotopic (exact) mass is 629 g/mol. The van der Waals surface area contributed by atoms with Gasteiger partial charge in [-0.25, -0.2) is 8.78 Å². The lowest BCUT2D eigenvalue weighted by molar-refractivity contribution is -0.120. The predicted octanol–water partition coefficient (Wildman–Crippen LogP) is 7.92. The highest BCUT2D eigenvalue weighted by Crippen LogP contribution is 2.32. The van der Waals surface area contributed by atoms with Crippen molar-refractivity contribution in [2.24, 2.45) is 11.8 Å². The van der Waals surface area contributed by atoms with Crippen LogP contribution in [0.3, 0.4) is 0 Å². The van der Waals surface area contributed by atoms with Gasteiger partial charge in [-0.3, -0.25) is 14.4 Å². The molecule has 0 radical (unpaired) electrons. The number of Topliss-reactive ketones (excluding diaryl/α,β-unsaturated/α-hetero) is 2. The number of anilines is 1. The number of aryl methyl sites for hydroxylation is 3. The number of hydrogen-bond acceptors (Lipinski definition) is 3. The number of hydrogen-bond donors (Lipinski definition) is 0. The van der Waals surface area contributed by atoms with Crippen LogP contribution >= 0.6 is 31.9 Å². The smallest absolute Gasteiger partial charge is 0.214 e. The van der Waals surface area contributed by atoms with E-state index in [1.807, 2.05) is 6.92 Å². The van der Waals surface area contributed by atoms with Gasteiger partial charge >= 0.3 is 0 Å². The van der Waals surface area contributed by atoms with Crippen molar-refractivity contribution >= 4 is 55.5 Å². The highest BCUT2D eigenvalue weighted by molar-refractivity contribution is 9.10. The molecule has 0 unspecified atom stereocenters. The Morgan fingerprint density at radius 3 is 1.92 bits per heavy atom. The number of rotatable bonds is 9. The summed E-state index contributed by atoms with van der Waals surface area (Å²) in [6.07, 6.45) is 5.88. The van der Waals surface area contributed by atoms with E-state index in [1.54, 1.807) is 13.0 Å². The Kier molecular flexibility index (Phi) is 12.6. The molecule has 0 heterocycles. The number of nitrogens with zero attached hydrogens (tertiary/aromatic N) is 1. The van der Waals surface area contributed by atoms with E-state index in [2.05, 4.69) is 31.9 Å². The molecule has 0 bridgehead atoms. The second kappa shape index (κ2) is 14.1. The van der Waals surface area contributed by atoms with Crippen molar-refractivity contribution in [3.05, 3.63) is 61.5 Å². The average Bonchev–Trinajstić information content (AvgIpc) is 3.69. The van der Waals surface area contributed by atoms with Crippen LogP contribution in [-0.4, -0.2) is 24.5 Å². The molecule has 2 fully saturated rings. The molecule has 2 aromatic carbocycles. The molecule has 36 heavy (non-hydrogen) atoms. The van der Waals surface area contributed by atoms with Gasteiger partial charge < -0.3 is 4.90 Å². The zero-order valence-electron chi connectivity index (χ0n) is 19.2. The van der Waals surface area contributed by atoms with Gasteiger partial charge in [0.05, 0.1) is 15.5 Å². The van der Waals surface area contributed by atoms with Gasteiger partial charge in [-0.05, 0) is 119 Å². The van der Waals surface area contributed by atoms with Crippen LogP contribution in [-0.2, 0) is 20.8 Å². The van der Waals surface area contributed by atoms with Crippen LogP contribution in [0, 0.1) is 37.3 Å². The predicted molar refractivity (Wildman–Crippen MR) is 148 cm³/mol. The molecular formula is C28H35Br2F2NO3. The average molecular weight is 631 g/mol. The number of carbonyl (C=O) groups excluding carboxylic acids is 3. The van der Waals surface area contributed by atoms with E-state index >= 15 is 0 Å². The summed E-state index contributed by atoms with van der Waals surface area (Å²) in [6, 6.07) is 6.17. The summed E-state index contributed by atoms with van der Waals surface area (Å²) >= 11 is 6.25. The summed E-state index contributed by atoms with van der Waals surface area (Å²) in [5.41, 5.74) is 3.17. The second-order valence-corrected chi connectivity index (χ2v) is 10.7. The first-order valence-electron chi connectivity index (χ1n) is 11.3. The van der Waals surface area contributed by atoms with Crippen LogP contribution < -0.4 is 4.90 Å². The van der Waals surface area contributed by atoms with E-state index in [0.29, 0.717) is 40.3 Å². The maximum Gasteiger partial charge on any atom is 0.214 e. The van der Waals surface area contributed by atoms with Gasteiger partial charge in [0, 0.05) is 23.9 Å². The highest BCUT2D eigenvalue weighted by atomic mass is 79.9. The molecule has 1 amide bonds. The van der Waals surface area contributed by atoms with Crippen LogP contribution in [0.4, 0.5) is 14.5 Å². The first kappa shape index (κ1) is 32.1. The Hall–Kier alpha value is -1.93. The molecule has 2 aliphatic rings. The van der Waals surface area contributed by atoms with Crippen molar-refractivity contribution in [2.45, 2.75) is 67.2 Å². The van der Waals surface area contributed by atoms with Crippen LogP contribution in [0.15, 0.2) is 33.2 Å². The zero-order chi connectivity index (χ0) is 25.0. The van der Waals surface area contributed by atoms with E-state index in [-0.39, 0.29) is 49.2 Å². The van der Waals surface area contributed by atoms with Crippen LogP contribution in [0.25, 0.3) is 0 Å². The van der Waals surface area contributed by atoms with Gasteiger partial charge in [0.25, 0.3) is 0 Å². The van der Waals surface area contributed by atoms with Crippen LogP contribution in [0.5, 0.6) is 0 Å². The number of amides is 1. The molecule has 0 saturated heterocycles. The Bertz CT molecular complexity index is 1100. The maximum absolute atomic E-state index is 13.3. The molecule has 2 aromatic rings. The number of halogens is 4. The fraction of sp³-hybridized carbons (Fsp3) is 0.464. The van der Waals surface area contributed by atoms with Crippen molar-refractivity contribution in [3.63, 3.8) is 0 Å². The van der Waals surface area contributed by atoms with E-state index in [4.69, 9.17) is 0 Å². The van der Waals surface area contributed by atoms with Gasteiger partial charge in [0.1, 0.15) is 17.4 Å². The normalized spacial score (nSPS) is 13.9. The van der Waals surface area contributed by atoms with Crippen molar-refractivity contribution in [1.82, 2.24) is 0 Å². The topological polar surface area (TPSA) is 54.5 Å². The molecule has 8 heteroatoms. The standard InChI is InChI=1S/C13H13BrFNO2.C13H14BrFO.2CH4/c1-8-4-11(15)10(14)5-12(8)16(7-17)6-13(18)9-2-3-9;1-8-6-12(15)11(14)7-10(8)4-5-13(16)9-2-3-9;;/h4-5,7,9H,2-3,6H2,1H3;6-7,9H,2-5H2,1H3;2*1H4. The minimum absolute atomic E-state index is 0. The van der Waals surface area contributed by atoms with Crippen molar-refractivity contribution in [2.75, 3.05) is 11.4 Å². The highest BCUT2D eigenvalue weighted by Gasteiger charge is 2.31. The quantitative estimate of drug-likeness (QED) is 0.265. The van der Waals surface area contributed by atoms with E-state index in [0.717, 1.165) is 43.2 Å². The van der Waals surface area contributed by atoms with E-state index in [9.17, 15) is 23.2 Å². The zero-order valence-corrected chi connectivity index (χ0v) is 22.3. The molecule has 0 aliphatic heterocycles. The largest absolute Gasteiger partial charge is 0.307 e. The molecule has 4 rings (SSSR count). The molecule has 0 aromatic heterocycles.